The number of nitrogens with zero attached hydrogens (tertiary/aromatic N) is 1. The number of ether oxygens (including phenoxy) is 1. The number of carbonyl (C=O) groups excluding carboxylic acids is 1. The van der Waals surface area contributed by atoms with E-state index in [2.05, 4.69) is 24.6 Å². The molecule has 1 aromatic heterocycles. The molecule has 2 rings (SSSR count). The van der Waals surface area contributed by atoms with Gasteiger partial charge in [-0.25, -0.2) is 4.79 Å². The maximum absolute atomic E-state index is 12.4. The monoisotopic (exact) mass is 299 g/mol. The highest BCUT2D eigenvalue weighted by molar-refractivity contribution is 5.98. The third kappa shape index (κ3) is 3.59. The number of rotatable bonds is 6. The lowest BCUT2D eigenvalue weighted by Crippen LogP contribution is -2.08. The zero-order valence-corrected chi connectivity index (χ0v) is 13.9. The largest absolute Gasteiger partial charge is 0.462 e. The van der Waals surface area contributed by atoms with Crippen LogP contribution in [0.4, 0.5) is 0 Å². The molecule has 3 nitrogen and oxygen atoms in total. The van der Waals surface area contributed by atoms with Gasteiger partial charge in [-0.1, -0.05) is 44.2 Å². The maximum Gasteiger partial charge on any atom is 0.340 e. The van der Waals surface area contributed by atoms with Crippen molar-refractivity contribution in [3.8, 4) is 11.1 Å². The topological polar surface area (TPSA) is 31.2 Å². The Kier molecular flexibility index (Phi) is 5.42. The third-order valence-corrected chi connectivity index (χ3v) is 3.86. The first-order valence-corrected chi connectivity index (χ1v) is 7.96. The van der Waals surface area contributed by atoms with Gasteiger partial charge in [0.1, 0.15) is 0 Å². The zero-order valence-electron chi connectivity index (χ0n) is 13.9. The summed E-state index contributed by atoms with van der Waals surface area (Å²) in [6, 6.07) is 10.0. The first-order chi connectivity index (χ1) is 10.5. The molecule has 0 aliphatic heterocycles. The van der Waals surface area contributed by atoms with Gasteiger partial charge < -0.3 is 9.30 Å². The minimum Gasteiger partial charge on any atom is -0.462 e. The SMILES string of the molecule is CCOC(=O)c1c(-c2ccccc2)cn(CCC(C)C)c1C. The normalized spacial score (nSPS) is 11.0. The first-order valence-electron chi connectivity index (χ1n) is 7.96. The van der Waals surface area contributed by atoms with Gasteiger partial charge >= 0.3 is 5.97 Å². The third-order valence-electron chi connectivity index (χ3n) is 3.86. The molecule has 22 heavy (non-hydrogen) atoms. The van der Waals surface area contributed by atoms with E-state index in [0.29, 0.717) is 18.1 Å². The molecule has 0 bridgehead atoms. The van der Waals surface area contributed by atoms with Crippen LogP contribution in [0.25, 0.3) is 11.1 Å². The zero-order chi connectivity index (χ0) is 16.1. The van der Waals surface area contributed by atoms with Crippen molar-refractivity contribution in [1.29, 1.82) is 0 Å². The highest BCUT2D eigenvalue weighted by atomic mass is 16.5. The molecule has 0 unspecified atom stereocenters. The van der Waals surface area contributed by atoms with Crippen molar-refractivity contribution in [3.63, 3.8) is 0 Å². The van der Waals surface area contributed by atoms with Crippen molar-refractivity contribution >= 4 is 5.97 Å². The molecule has 1 heterocycles. The highest BCUT2D eigenvalue weighted by Crippen LogP contribution is 2.29. The summed E-state index contributed by atoms with van der Waals surface area (Å²) in [5, 5.41) is 0. The van der Waals surface area contributed by atoms with Crippen LogP contribution in [0, 0.1) is 12.8 Å². The molecule has 0 saturated heterocycles. The van der Waals surface area contributed by atoms with Gasteiger partial charge in [0.2, 0.25) is 0 Å². The molecule has 0 spiro atoms. The van der Waals surface area contributed by atoms with E-state index >= 15 is 0 Å². The van der Waals surface area contributed by atoms with E-state index in [9.17, 15) is 4.79 Å². The second kappa shape index (κ2) is 7.30. The maximum atomic E-state index is 12.4. The Balaban J connectivity index is 2.46. The van der Waals surface area contributed by atoms with Crippen LogP contribution in [0.15, 0.2) is 36.5 Å². The summed E-state index contributed by atoms with van der Waals surface area (Å²) in [5.41, 5.74) is 3.69. The number of esters is 1. The summed E-state index contributed by atoms with van der Waals surface area (Å²) in [5.74, 6) is 0.398. The molecule has 0 radical (unpaired) electrons. The van der Waals surface area contributed by atoms with Gasteiger partial charge in [-0.15, -0.1) is 0 Å². The van der Waals surface area contributed by atoms with Crippen molar-refractivity contribution in [2.24, 2.45) is 5.92 Å². The Morgan fingerprint density at radius 3 is 2.50 bits per heavy atom. The summed E-state index contributed by atoms with van der Waals surface area (Å²) in [4.78, 5) is 12.4. The van der Waals surface area contributed by atoms with Gasteiger partial charge in [0.25, 0.3) is 0 Å². The Bertz CT molecular complexity index is 626. The van der Waals surface area contributed by atoms with Gasteiger partial charge in [-0.2, -0.15) is 0 Å². The molecule has 2 aromatic rings. The van der Waals surface area contributed by atoms with Crippen molar-refractivity contribution in [2.75, 3.05) is 6.61 Å². The number of aromatic nitrogens is 1. The van der Waals surface area contributed by atoms with E-state index in [-0.39, 0.29) is 5.97 Å². The van der Waals surface area contributed by atoms with Gasteiger partial charge in [-0.05, 0) is 31.7 Å². The Morgan fingerprint density at radius 2 is 1.91 bits per heavy atom. The fraction of sp³-hybridized carbons (Fsp3) is 0.421. The molecule has 0 atom stereocenters. The minimum absolute atomic E-state index is 0.234. The van der Waals surface area contributed by atoms with E-state index in [1.165, 1.54) is 0 Å². The number of benzene rings is 1. The Morgan fingerprint density at radius 1 is 1.23 bits per heavy atom. The summed E-state index contributed by atoms with van der Waals surface area (Å²) >= 11 is 0. The van der Waals surface area contributed by atoms with Gasteiger partial charge in [-0.3, -0.25) is 0 Å². The lowest BCUT2D eigenvalue weighted by molar-refractivity contribution is 0.0526. The molecule has 118 valence electrons. The standard InChI is InChI=1S/C19H25NO2/c1-5-22-19(21)18-15(4)20(12-11-14(2)3)13-17(18)16-9-7-6-8-10-16/h6-10,13-14H,5,11-12H2,1-4H3. The van der Waals surface area contributed by atoms with E-state index < -0.39 is 0 Å². The predicted molar refractivity (Wildman–Crippen MR) is 90.0 cm³/mol. The molecule has 1 aromatic carbocycles. The summed E-state index contributed by atoms with van der Waals surface area (Å²) in [6.45, 7) is 9.57. The number of aryl methyl sites for hydroxylation is 1. The summed E-state index contributed by atoms with van der Waals surface area (Å²) in [6.07, 6.45) is 3.17. The van der Waals surface area contributed by atoms with E-state index in [0.717, 1.165) is 29.8 Å². The van der Waals surface area contributed by atoms with E-state index in [1.807, 2.05) is 44.2 Å². The molecule has 0 saturated carbocycles. The van der Waals surface area contributed by atoms with Crippen LogP contribution in [0.5, 0.6) is 0 Å². The number of carbonyl (C=O) groups is 1. The second-order valence-electron chi connectivity index (χ2n) is 5.97. The van der Waals surface area contributed by atoms with Crippen LogP contribution < -0.4 is 0 Å². The van der Waals surface area contributed by atoms with Crippen molar-refractivity contribution in [3.05, 3.63) is 47.8 Å². The molecule has 0 aliphatic carbocycles. The lowest BCUT2D eigenvalue weighted by atomic mass is 10.0. The molecule has 0 fully saturated rings. The average Bonchev–Trinajstić information content (AvgIpc) is 2.83. The smallest absolute Gasteiger partial charge is 0.340 e. The van der Waals surface area contributed by atoms with Crippen LogP contribution in [0.3, 0.4) is 0 Å². The number of hydrogen-bond donors (Lipinski definition) is 0. The fourth-order valence-corrected chi connectivity index (χ4v) is 2.58. The highest BCUT2D eigenvalue weighted by Gasteiger charge is 2.21. The van der Waals surface area contributed by atoms with Crippen molar-refractivity contribution < 1.29 is 9.53 Å². The summed E-state index contributed by atoms with van der Waals surface area (Å²) in [7, 11) is 0. The van der Waals surface area contributed by atoms with Crippen LogP contribution in [-0.4, -0.2) is 17.1 Å². The minimum atomic E-state index is -0.234. The molecule has 0 N–H and O–H groups in total. The summed E-state index contributed by atoms with van der Waals surface area (Å²) < 4.78 is 7.43. The van der Waals surface area contributed by atoms with E-state index in [1.54, 1.807) is 0 Å². The molecular weight excluding hydrogens is 274 g/mol. The van der Waals surface area contributed by atoms with Crippen LogP contribution in [0.1, 0.15) is 43.2 Å². The fourth-order valence-electron chi connectivity index (χ4n) is 2.58. The van der Waals surface area contributed by atoms with Gasteiger partial charge in [0.05, 0.1) is 12.2 Å². The van der Waals surface area contributed by atoms with Gasteiger partial charge in [0.15, 0.2) is 0 Å². The van der Waals surface area contributed by atoms with Crippen LogP contribution in [-0.2, 0) is 11.3 Å². The molecule has 0 aliphatic rings. The van der Waals surface area contributed by atoms with Crippen molar-refractivity contribution in [2.45, 2.75) is 40.7 Å². The van der Waals surface area contributed by atoms with Crippen molar-refractivity contribution in [1.82, 2.24) is 4.57 Å². The molecular formula is C19H25NO2. The lowest BCUT2D eigenvalue weighted by Gasteiger charge is -2.09. The van der Waals surface area contributed by atoms with E-state index in [4.69, 9.17) is 4.74 Å². The average molecular weight is 299 g/mol. The molecule has 3 heteroatoms. The Labute approximate surface area is 132 Å². The van der Waals surface area contributed by atoms with Gasteiger partial charge in [0, 0.05) is 24.0 Å². The number of hydrogen-bond acceptors (Lipinski definition) is 2. The van der Waals surface area contributed by atoms with Crippen LogP contribution >= 0.6 is 0 Å². The Hall–Kier alpha value is -2.03. The quantitative estimate of drug-likeness (QED) is 0.725. The second-order valence-corrected chi connectivity index (χ2v) is 5.97. The first kappa shape index (κ1) is 16.3. The van der Waals surface area contributed by atoms with Crippen LogP contribution in [0.2, 0.25) is 0 Å². The predicted octanol–water partition coefficient (Wildman–Crippen LogP) is 4.69. The molecule has 0 amide bonds.